The van der Waals surface area contributed by atoms with Crippen molar-refractivity contribution in [2.75, 3.05) is 46.2 Å². The normalized spacial score (nSPS) is 11.3. The highest BCUT2D eigenvalue weighted by Crippen LogP contribution is 2.13. The summed E-state index contributed by atoms with van der Waals surface area (Å²) in [5, 5.41) is 0. The van der Waals surface area contributed by atoms with Gasteiger partial charge in [-0.15, -0.1) is 0 Å². The Balaban J connectivity index is 1.79. The van der Waals surface area contributed by atoms with Crippen molar-refractivity contribution in [1.82, 2.24) is 5.48 Å². The minimum absolute atomic E-state index is 0.265. The zero-order valence-corrected chi connectivity index (χ0v) is 21.6. The summed E-state index contributed by atoms with van der Waals surface area (Å²) in [7, 11) is 0. The highest BCUT2D eigenvalue weighted by molar-refractivity contribution is 5.75. The monoisotopic (exact) mass is 481 g/mol. The first kappa shape index (κ1) is 30.5. The molecule has 7 nitrogen and oxygen atoms in total. The fourth-order valence-electron chi connectivity index (χ4n) is 3.12. The lowest BCUT2D eigenvalue weighted by atomic mass is 10.1. The SMILES string of the molecule is CC(=O)CCCCCOCCOCCOCCCCCCOc1ccc(CONC(C)C)cc1. The van der Waals surface area contributed by atoms with Gasteiger partial charge in [0.2, 0.25) is 0 Å². The number of unbranched alkanes of at least 4 members (excludes halogenated alkanes) is 5. The first-order valence-electron chi connectivity index (χ1n) is 12.9. The van der Waals surface area contributed by atoms with Gasteiger partial charge in [0, 0.05) is 25.7 Å². The number of hydrogen-bond donors (Lipinski definition) is 1. The van der Waals surface area contributed by atoms with Gasteiger partial charge in [0.25, 0.3) is 0 Å². The van der Waals surface area contributed by atoms with Gasteiger partial charge in [-0.05, 0) is 70.6 Å². The van der Waals surface area contributed by atoms with E-state index in [2.05, 4.69) is 5.48 Å². The fourth-order valence-corrected chi connectivity index (χ4v) is 3.12. The maximum Gasteiger partial charge on any atom is 0.129 e. The van der Waals surface area contributed by atoms with Crippen molar-refractivity contribution in [1.29, 1.82) is 0 Å². The molecule has 0 spiro atoms. The van der Waals surface area contributed by atoms with Gasteiger partial charge < -0.3 is 23.7 Å². The Labute approximate surface area is 206 Å². The maximum atomic E-state index is 10.8. The molecule has 0 aliphatic rings. The van der Waals surface area contributed by atoms with Crippen LogP contribution in [0.1, 0.15) is 77.7 Å². The average Bonchev–Trinajstić information content (AvgIpc) is 2.81. The summed E-state index contributed by atoms with van der Waals surface area (Å²) in [6, 6.07) is 8.37. The molecule has 0 unspecified atom stereocenters. The summed E-state index contributed by atoms with van der Waals surface area (Å²) >= 11 is 0. The van der Waals surface area contributed by atoms with E-state index in [1.54, 1.807) is 6.92 Å². The molecule has 34 heavy (non-hydrogen) atoms. The van der Waals surface area contributed by atoms with Gasteiger partial charge in [-0.3, -0.25) is 4.84 Å². The second kappa shape index (κ2) is 22.0. The van der Waals surface area contributed by atoms with Crippen LogP contribution >= 0.6 is 0 Å². The van der Waals surface area contributed by atoms with E-state index in [4.69, 9.17) is 23.8 Å². The molecular weight excluding hydrogens is 434 g/mol. The van der Waals surface area contributed by atoms with Gasteiger partial charge in [0.1, 0.15) is 11.5 Å². The van der Waals surface area contributed by atoms with Gasteiger partial charge in [0.15, 0.2) is 0 Å². The second-order valence-corrected chi connectivity index (χ2v) is 8.82. The topological polar surface area (TPSA) is 75.3 Å². The van der Waals surface area contributed by atoms with Crippen LogP contribution < -0.4 is 10.2 Å². The van der Waals surface area contributed by atoms with Crippen molar-refractivity contribution in [2.45, 2.75) is 84.8 Å². The van der Waals surface area contributed by atoms with Gasteiger partial charge in [0.05, 0.1) is 39.6 Å². The van der Waals surface area contributed by atoms with E-state index in [0.717, 1.165) is 76.1 Å². The molecule has 1 N–H and O–H groups in total. The number of carbonyl (C=O) groups is 1. The van der Waals surface area contributed by atoms with Crippen LogP contribution in [0.4, 0.5) is 0 Å². The third-order valence-electron chi connectivity index (χ3n) is 4.99. The number of carbonyl (C=O) groups excluding carboxylic acids is 1. The maximum absolute atomic E-state index is 10.8. The number of rotatable bonds is 24. The Morgan fingerprint density at radius 2 is 1.26 bits per heavy atom. The smallest absolute Gasteiger partial charge is 0.129 e. The van der Waals surface area contributed by atoms with Crippen LogP contribution in [0, 0.1) is 0 Å². The predicted octanol–water partition coefficient (Wildman–Crippen LogP) is 5.25. The molecule has 1 rings (SSSR count). The molecule has 0 aliphatic carbocycles. The zero-order chi connectivity index (χ0) is 24.7. The first-order chi connectivity index (χ1) is 16.6. The van der Waals surface area contributed by atoms with E-state index < -0.39 is 0 Å². The number of hydrogen-bond acceptors (Lipinski definition) is 7. The number of benzene rings is 1. The summed E-state index contributed by atoms with van der Waals surface area (Å²) in [6.07, 6.45) is 8.07. The minimum Gasteiger partial charge on any atom is -0.494 e. The highest BCUT2D eigenvalue weighted by Gasteiger charge is 1.99. The Bertz CT molecular complexity index is 593. The van der Waals surface area contributed by atoms with Crippen molar-refractivity contribution in [3.05, 3.63) is 29.8 Å². The number of hydroxylamine groups is 1. The largest absolute Gasteiger partial charge is 0.494 e. The van der Waals surface area contributed by atoms with Gasteiger partial charge in [-0.25, -0.2) is 0 Å². The lowest BCUT2D eigenvalue weighted by molar-refractivity contribution is -0.117. The molecule has 0 aromatic heterocycles. The Morgan fingerprint density at radius 3 is 1.82 bits per heavy atom. The van der Waals surface area contributed by atoms with Crippen molar-refractivity contribution in [2.24, 2.45) is 0 Å². The molecule has 0 radical (unpaired) electrons. The van der Waals surface area contributed by atoms with Crippen LogP contribution in [0.15, 0.2) is 24.3 Å². The van der Waals surface area contributed by atoms with Crippen LogP contribution in [-0.2, 0) is 30.4 Å². The van der Waals surface area contributed by atoms with Crippen LogP contribution in [0.3, 0.4) is 0 Å². The van der Waals surface area contributed by atoms with Crippen LogP contribution in [0.2, 0.25) is 0 Å². The number of ketones is 1. The van der Waals surface area contributed by atoms with Gasteiger partial charge in [-0.2, -0.15) is 5.48 Å². The number of ether oxygens (including phenoxy) is 4. The van der Waals surface area contributed by atoms with E-state index in [9.17, 15) is 4.79 Å². The molecule has 1 aromatic carbocycles. The summed E-state index contributed by atoms with van der Waals surface area (Å²) in [6.45, 7) is 11.0. The average molecular weight is 482 g/mol. The fraction of sp³-hybridized carbons (Fsp3) is 0.741. The molecule has 196 valence electrons. The molecule has 0 fully saturated rings. The predicted molar refractivity (Wildman–Crippen MR) is 135 cm³/mol. The molecular formula is C27H47NO6. The minimum atomic E-state index is 0.265. The summed E-state index contributed by atoms with van der Waals surface area (Å²) in [4.78, 5) is 16.2. The summed E-state index contributed by atoms with van der Waals surface area (Å²) in [5.74, 6) is 1.17. The molecule has 7 heteroatoms. The zero-order valence-electron chi connectivity index (χ0n) is 21.6. The third kappa shape index (κ3) is 19.9. The summed E-state index contributed by atoms with van der Waals surface area (Å²) in [5.41, 5.74) is 4.06. The van der Waals surface area contributed by atoms with Gasteiger partial charge in [-0.1, -0.05) is 25.0 Å². The van der Waals surface area contributed by atoms with E-state index in [1.165, 1.54) is 0 Å². The molecule has 0 bridgehead atoms. The van der Waals surface area contributed by atoms with E-state index in [-0.39, 0.29) is 5.78 Å². The molecule has 0 aliphatic heterocycles. The lowest BCUT2D eigenvalue weighted by Crippen LogP contribution is -2.22. The van der Waals surface area contributed by atoms with Gasteiger partial charge >= 0.3 is 0 Å². The van der Waals surface area contributed by atoms with Crippen molar-refractivity contribution >= 4 is 5.78 Å². The van der Waals surface area contributed by atoms with E-state index in [1.807, 2.05) is 38.1 Å². The Kier molecular flexibility index (Phi) is 19.7. The molecule has 0 amide bonds. The third-order valence-corrected chi connectivity index (χ3v) is 4.99. The molecule has 0 atom stereocenters. The quantitative estimate of drug-likeness (QED) is 0.160. The highest BCUT2D eigenvalue weighted by atomic mass is 16.6. The molecule has 0 saturated heterocycles. The standard InChI is InChI=1S/C27H47NO6/c1-24(2)28-34-23-26-12-14-27(15-13-26)33-18-10-5-4-8-16-30-19-21-32-22-20-31-17-9-6-7-11-25(3)29/h12-15,24,28H,4-11,16-23H2,1-3H3. The lowest BCUT2D eigenvalue weighted by Gasteiger charge is -2.10. The van der Waals surface area contributed by atoms with Crippen molar-refractivity contribution in [3.63, 3.8) is 0 Å². The Hall–Kier alpha value is -1.51. The van der Waals surface area contributed by atoms with Crippen molar-refractivity contribution in [3.8, 4) is 5.75 Å². The molecule has 0 heterocycles. The van der Waals surface area contributed by atoms with E-state index in [0.29, 0.717) is 45.5 Å². The molecule has 0 saturated carbocycles. The van der Waals surface area contributed by atoms with E-state index >= 15 is 0 Å². The van der Waals surface area contributed by atoms with Crippen LogP contribution in [0.5, 0.6) is 5.75 Å². The van der Waals surface area contributed by atoms with Crippen LogP contribution in [-0.4, -0.2) is 58.1 Å². The van der Waals surface area contributed by atoms with Crippen molar-refractivity contribution < 1.29 is 28.6 Å². The number of Topliss-reactive ketones (excluding diaryl/α,β-unsaturated/α-hetero) is 1. The number of nitrogens with one attached hydrogen (secondary N) is 1. The molecule has 1 aromatic rings. The van der Waals surface area contributed by atoms with Crippen LogP contribution in [0.25, 0.3) is 0 Å². The first-order valence-corrected chi connectivity index (χ1v) is 12.9. The second-order valence-electron chi connectivity index (χ2n) is 8.82. The summed E-state index contributed by atoms with van der Waals surface area (Å²) < 4.78 is 22.5. The Morgan fingerprint density at radius 1 is 0.735 bits per heavy atom.